The van der Waals surface area contributed by atoms with E-state index in [0.29, 0.717) is 18.0 Å². The fourth-order valence-corrected chi connectivity index (χ4v) is 4.16. The summed E-state index contributed by atoms with van der Waals surface area (Å²) in [6, 6.07) is 10.7. The van der Waals surface area contributed by atoms with E-state index in [1.807, 2.05) is 12.1 Å². The molecule has 2 aromatic rings. The van der Waals surface area contributed by atoms with Crippen molar-refractivity contribution in [3.05, 3.63) is 64.9 Å². The van der Waals surface area contributed by atoms with Crippen molar-refractivity contribution in [2.75, 3.05) is 13.2 Å². The molecule has 2 N–H and O–H groups in total. The quantitative estimate of drug-likeness (QED) is 0.520. The van der Waals surface area contributed by atoms with Crippen molar-refractivity contribution < 1.29 is 27.1 Å². The van der Waals surface area contributed by atoms with Gasteiger partial charge in [-0.15, -0.1) is 0 Å². The summed E-state index contributed by atoms with van der Waals surface area (Å²) in [4.78, 5) is 23.7. The summed E-state index contributed by atoms with van der Waals surface area (Å²) in [7, 11) is -4.30. The van der Waals surface area contributed by atoms with Crippen LogP contribution in [0.4, 0.5) is 4.39 Å². The normalized spacial score (nSPS) is 12.4. The zero-order valence-electron chi connectivity index (χ0n) is 17.1. The molecule has 10 heteroatoms. The Bertz CT molecular complexity index is 1010. The van der Waals surface area contributed by atoms with Crippen LogP contribution < -0.4 is 10.0 Å². The third kappa shape index (κ3) is 7.61. The number of amides is 1. The highest BCUT2D eigenvalue weighted by molar-refractivity contribution is 7.89. The number of sulfonamides is 1. The van der Waals surface area contributed by atoms with Gasteiger partial charge in [-0.1, -0.05) is 49.7 Å². The van der Waals surface area contributed by atoms with Crippen molar-refractivity contribution in [3.8, 4) is 0 Å². The molecule has 1 atom stereocenters. The Kier molecular flexibility index (Phi) is 8.97. The number of carbonyl (C=O) groups is 2. The van der Waals surface area contributed by atoms with Crippen LogP contribution in [0.2, 0.25) is 5.02 Å². The number of halogens is 2. The molecule has 0 spiro atoms. The molecule has 1 unspecified atom stereocenters. The van der Waals surface area contributed by atoms with Crippen LogP contribution in [0.15, 0.2) is 53.4 Å². The van der Waals surface area contributed by atoms with Crippen LogP contribution in [0.5, 0.6) is 0 Å². The highest BCUT2D eigenvalue weighted by Gasteiger charge is 2.31. The summed E-state index contributed by atoms with van der Waals surface area (Å²) in [6.45, 7) is 2.96. The first-order valence-electron chi connectivity index (χ1n) is 9.55. The number of ether oxygens (including phenoxy) is 1. The van der Waals surface area contributed by atoms with E-state index in [2.05, 4.69) is 10.0 Å². The van der Waals surface area contributed by atoms with Gasteiger partial charge in [-0.2, -0.15) is 4.72 Å². The Morgan fingerprint density at radius 3 is 2.35 bits per heavy atom. The minimum atomic E-state index is -4.30. The lowest BCUT2D eigenvalue weighted by Crippen LogP contribution is -2.46. The summed E-state index contributed by atoms with van der Waals surface area (Å²) in [5.74, 6) is -2.89. The first-order chi connectivity index (χ1) is 14.6. The number of carbonyl (C=O) groups excluding carboxylic acids is 2. The van der Waals surface area contributed by atoms with Gasteiger partial charge in [0.05, 0.1) is 0 Å². The molecule has 1 amide bonds. The average molecular weight is 471 g/mol. The minimum Gasteiger partial charge on any atom is -0.454 e. The monoisotopic (exact) mass is 470 g/mol. The SMILES string of the molecule is CC(C)C(NS(=O)(=O)c1ccccc1F)C(=O)OCC(=O)NCCc1ccc(Cl)cc1. The smallest absolute Gasteiger partial charge is 0.324 e. The van der Waals surface area contributed by atoms with Gasteiger partial charge in [0.25, 0.3) is 5.91 Å². The van der Waals surface area contributed by atoms with Crippen molar-refractivity contribution in [2.45, 2.75) is 31.2 Å². The molecule has 2 rings (SSSR count). The highest BCUT2D eigenvalue weighted by atomic mass is 35.5. The molecular formula is C21H24ClFN2O5S. The summed E-state index contributed by atoms with van der Waals surface area (Å²) in [5.41, 5.74) is 0.976. The zero-order chi connectivity index (χ0) is 23.0. The van der Waals surface area contributed by atoms with Crippen molar-refractivity contribution in [1.29, 1.82) is 0 Å². The van der Waals surface area contributed by atoms with Gasteiger partial charge in [-0.25, -0.2) is 12.8 Å². The lowest BCUT2D eigenvalue weighted by atomic mass is 10.1. The average Bonchev–Trinajstić information content (AvgIpc) is 2.71. The molecule has 7 nitrogen and oxygen atoms in total. The number of rotatable bonds is 10. The summed E-state index contributed by atoms with van der Waals surface area (Å²) in [6.07, 6.45) is 0.563. The largest absolute Gasteiger partial charge is 0.454 e. The second-order valence-corrected chi connectivity index (χ2v) is 9.23. The molecule has 0 radical (unpaired) electrons. The van der Waals surface area contributed by atoms with Gasteiger partial charge in [0.1, 0.15) is 16.8 Å². The van der Waals surface area contributed by atoms with Gasteiger partial charge < -0.3 is 10.1 Å². The van der Waals surface area contributed by atoms with Crippen LogP contribution in [0.25, 0.3) is 0 Å². The number of hydrogen-bond donors (Lipinski definition) is 2. The molecule has 2 aromatic carbocycles. The number of esters is 1. The first-order valence-corrected chi connectivity index (χ1v) is 11.4. The molecule has 0 aliphatic carbocycles. The maximum Gasteiger partial charge on any atom is 0.324 e. The van der Waals surface area contributed by atoms with Gasteiger partial charge in [-0.05, 0) is 42.2 Å². The summed E-state index contributed by atoms with van der Waals surface area (Å²) >= 11 is 5.82. The lowest BCUT2D eigenvalue weighted by Gasteiger charge is -2.21. The topological polar surface area (TPSA) is 102 Å². The van der Waals surface area contributed by atoms with E-state index in [4.69, 9.17) is 16.3 Å². The highest BCUT2D eigenvalue weighted by Crippen LogP contribution is 2.16. The van der Waals surface area contributed by atoms with E-state index < -0.39 is 51.2 Å². The molecule has 0 heterocycles. The fraction of sp³-hybridized carbons (Fsp3) is 0.333. The second kappa shape index (κ2) is 11.2. The summed E-state index contributed by atoms with van der Waals surface area (Å²) in [5, 5.41) is 3.23. The Hall–Kier alpha value is -2.49. The van der Waals surface area contributed by atoms with Crippen molar-refractivity contribution in [3.63, 3.8) is 0 Å². The van der Waals surface area contributed by atoms with Gasteiger partial charge in [0.2, 0.25) is 10.0 Å². The van der Waals surface area contributed by atoms with E-state index in [1.54, 1.807) is 26.0 Å². The standard InChI is InChI=1S/C21H24ClFN2O5S/c1-14(2)20(25-31(28,29)18-6-4-3-5-17(18)23)21(27)30-13-19(26)24-12-11-15-7-9-16(22)10-8-15/h3-10,14,20,25H,11-13H2,1-2H3,(H,24,26). The Balaban J connectivity index is 1.88. The van der Waals surface area contributed by atoms with Crippen LogP contribution in [-0.2, 0) is 30.8 Å². The van der Waals surface area contributed by atoms with Crippen LogP contribution in [0, 0.1) is 11.7 Å². The number of hydrogen-bond acceptors (Lipinski definition) is 5. The van der Waals surface area contributed by atoms with Gasteiger partial charge >= 0.3 is 5.97 Å². The molecule has 31 heavy (non-hydrogen) atoms. The van der Waals surface area contributed by atoms with E-state index in [9.17, 15) is 22.4 Å². The van der Waals surface area contributed by atoms with Gasteiger partial charge in [-0.3, -0.25) is 9.59 Å². The minimum absolute atomic E-state index is 0.325. The zero-order valence-corrected chi connectivity index (χ0v) is 18.7. The molecule has 0 fully saturated rings. The molecular weight excluding hydrogens is 447 g/mol. The summed E-state index contributed by atoms with van der Waals surface area (Å²) < 4.78 is 45.9. The fourth-order valence-electron chi connectivity index (χ4n) is 2.62. The Morgan fingerprint density at radius 1 is 1.10 bits per heavy atom. The lowest BCUT2D eigenvalue weighted by molar-refractivity contribution is -0.151. The third-order valence-corrected chi connectivity index (χ3v) is 6.05. The Morgan fingerprint density at radius 2 is 1.74 bits per heavy atom. The number of benzene rings is 2. The predicted octanol–water partition coefficient (Wildman–Crippen LogP) is 2.68. The number of nitrogens with one attached hydrogen (secondary N) is 2. The van der Waals surface area contributed by atoms with E-state index in [-0.39, 0.29) is 0 Å². The van der Waals surface area contributed by atoms with Crippen molar-refractivity contribution >= 4 is 33.5 Å². The van der Waals surface area contributed by atoms with Crippen molar-refractivity contribution in [1.82, 2.24) is 10.0 Å². The molecule has 0 saturated carbocycles. The van der Waals surface area contributed by atoms with Gasteiger partial charge in [0.15, 0.2) is 6.61 Å². The molecule has 0 aliphatic rings. The van der Waals surface area contributed by atoms with Crippen LogP contribution in [0.1, 0.15) is 19.4 Å². The maximum absolute atomic E-state index is 13.9. The maximum atomic E-state index is 13.9. The van der Waals surface area contributed by atoms with E-state index in [0.717, 1.165) is 17.7 Å². The van der Waals surface area contributed by atoms with E-state index >= 15 is 0 Å². The van der Waals surface area contributed by atoms with Gasteiger partial charge in [0, 0.05) is 11.6 Å². The molecule has 0 bridgehead atoms. The molecule has 0 aliphatic heterocycles. The van der Waals surface area contributed by atoms with Crippen LogP contribution in [-0.4, -0.2) is 39.5 Å². The van der Waals surface area contributed by atoms with Crippen LogP contribution in [0.3, 0.4) is 0 Å². The molecule has 168 valence electrons. The molecule has 0 saturated heterocycles. The predicted molar refractivity (Wildman–Crippen MR) is 114 cm³/mol. The first kappa shape index (κ1) is 24.8. The molecule has 0 aromatic heterocycles. The van der Waals surface area contributed by atoms with E-state index in [1.165, 1.54) is 12.1 Å². The van der Waals surface area contributed by atoms with Crippen LogP contribution >= 0.6 is 11.6 Å². The third-order valence-electron chi connectivity index (χ3n) is 4.32. The van der Waals surface area contributed by atoms with Crippen molar-refractivity contribution in [2.24, 2.45) is 5.92 Å². The Labute approximate surface area is 186 Å². The second-order valence-electron chi connectivity index (χ2n) is 7.11.